The molecular weight excluding hydrogens is 560 g/mol. The fourth-order valence-electron chi connectivity index (χ4n) is 5.77. The van der Waals surface area contributed by atoms with E-state index < -0.39 is 11.7 Å². The largest absolute Gasteiger partial charge is 0.388 e. The second kappa shape index (κ2) is 23.7. The molecule has 0 fully saturated rings. The molecule has 1 N–H and O–H groups in total. The molecule has 3 rings (SSSR count). The summed E-state index contributed by atoms with van der Waals surface area (Å²) in [5, 5.41) is 10.2. The Morgan fingerprint density at radius 2 is 0.844 bits per heavy atom. The van der Waals surface area contributed by atoms with E-state index in [0.29, 0.717) is 39.6 Å². The minimum absolute atomic E-state index is 0.247. The molecule has 0 radical (unpaired) electrons. The minimum atomic E-state index is -0.749. The molecule has 0 aromatic heterocycles. The van der Waals surface area contributed by atoms with Gasteiger partial charge in [0.25, 0.3) is 0 Å². The Bertz CT molecular complexity index is 979. The second-order valence-electron chi connectivity index (χ2n) is 11.9. The lowest BCUT2D eigenvalue weighted by atomic mass is 9.80. The van der Waals surface area contributed by atoms with Gasteiger partial charge < -0.3 is 24.1 Å². The molecule has 0 heterocycles. The summed E-state index contributed by atoms with van der Waals surface area (Å²) < 4.78 is 23.9. The van der Waals surface area contributed by atoms with Crippen molar-refractivity contribution in [3.05, 3.63) is 108 Å². The lowest BCUT2D eigenvalue weighted by molar-refractivity contribution is -0.0492. The van der Waals surface area contributed by atoms with Crippen LogP contribution in [-0.2, 0) is 24.5 Å². The van der Waals surface area contributed by atoms with Crippen LogP contribution in [0.5, 0.6) is 0 Å². The van der Waals surface area contributed by atoms with E-state index in [4.69, 9.17) is 18.9 Å². The van der Waals surface area contributed by atoms with Gasteiger partial charge in [-0.2, -0.15) is 0 Å². The van der Waals surface area contributed by atoms with Crippen LogP contribution in [0.2, 0.25) is 0 Å². The number of hydrogen-bond acceptors (Lipinski definition) is 5. The van der Waals surface area contributed by atoms with Gasteiger partial charge in [0.2, 0.25) is 0 Å². The number of rotatable bonds is 27. The van der Waals surface area contributed by atoms with Crippen LogP contribution < -0.4 is 0 Å². The van der Waals surface area contributed by atoms with Crippen LogP contribution in [-0.4, -0.2) is 57.5 Å². The summed E-state index contributed by atoms with van der Waals surface area (Å²) in [6.45, 7) is 5.23. The molecule has 0 amide bonds. The Labute approximate surface area is 273 Å². The zero-order valence-electron chi connectivity index (χ0n) is 27.8. The van der Waals surface area contributed by atoms with E-state index in [-0.39, 0.29) is 6.61 Å². The second-order valence-corrected chi connectivity index (χ2v) is 11.9. The summed E-state index contributed by atoms with van der Waals surface area (Å²) in [5.74, 6) is 0. The maximum absolute atomic E-state index is 10.2. The topological polar surface area (TPSA) is 57.2 Å². The smallest absolute Gasteiger partial charge is 0.143 e. The zero-order chi connectivity index (χ0) is 31.7. The van der Waals surface area contributed by atoms with Crippen LogP contribution in [0.4, 0.5) is 0 Å². The Kier molecular flexibility index (Phi) is 19.5. The molecule has 3 aromatic rings. The molecule has 0 saturated heterocycles. The van der Waals surface area contributed by atoms with Gasteiger partial charge in [-0.3, -0.25) is 0 Å². The van der Waals surface area contributed by atoms with E-state index in [1.165, 1.54) is 70.6 Å². The van der Waals surface area contributed by atoms with Crippen molar-refractivity contribution in [3.63, 3.8) is 0 Å². The predicted octanol–water partition coefficient (Wildman–Crippen LogP) is 9.11. The first kappa shape index (κ1) is 36.9. The van der Waals surface area contributed by atoms with Gasteiger partial charge in [-0.15, -0.1) is 0 Å². The standard InChI is InChI=1S/C40H58O5/c1-2-3-4-5-6-7-8-9-10-11-12-22-29-43-34-39(41)35-44-31-30-42-32-33-45-40(36-23-16-13-17-24-36,37-25-18-14-19-26-37)38-27-20-15-21-28-38/h13-21,23-28,39,41H,2-12,22,29-35H2,1H3. The van der Waals surface area contributed by atoms with Gasteiger partial charge in [0.05, 0.1) is 39.6 Å². The Hall–Kier alpha value is -2.54. The van der Waals surface area contributed by atoms with Crippen molar-refractivity contribution in [1.82, 2.24) is 0 Å². The molecule has 0 spiro atoms. The third-order valence-corrected chi connectivity index (χ3v) is 8.22. The third-order valence-electron chi connectivity index (χ3n) is 8.22. The Morgan fingerprint density at radius 1 is 0.467 bits per heavy atom. The average Bonchev–Trinajstić information content (AvgIpc) is 3.09. The highest BCUT2D eigenvalue weighted by atomic mass is 16.6. The van der Waals surface area contributed by atoms with Gasteiger partial charge in [-0.1, -0.05) is 169 Å². The molecule has 0 aliphatic rings. The molecular formula is C40H58O5. The number of aliphatic hydroxyl groups is 1. The van der Waals surface area contributed by atoms with Gasteiger partial charge in [0, 0.05) is 6.61 Å². The number of aliphatic hydroxyl groups excluding tert-OH is 1. The summed E-state index contributed by atoms with van der Waals surface area (Å²) >= 11 is 0. The van der Waals surface area contributed by atoms with Gasteiger partial charge in [-0.05, 0) is 23.1 Å². The molecule has 45 heavy (non-hydrogen) atoms. The summed E-state index contributed by atoms with van der Waals surface area (Å²) in [6.07, 6.45) is 15.3. The SMILES string of the molecule is CCCCCCCCCCCCCCOCC(O)COCCOCCOC(c1ccccc1)(c1ccccc1)c1ccccc1. The first-order chi connectivity index (χ1) is 22.3. The van der Waals surface area contributed by atoms with Crippen molar-refractivity contribution >= 4 is 0 Å². The Balaban J connectivity index is 1.24. The quantitative estimate of drug-likeness (QED) is 0.0682. The highest BCUT2D eigenvalue weighted by Crippen LogP contribution is 2.40. The van der Waals surface area contributed by atoms with Gasteiger partial charge in [-0.25, -0.2) is 0 Å². The van der Waals surface area contributed by atoms with Crippen LogP contribution in [0, 0.1) is 0 Å². The molecule has 1 atom stereocenters. The predicted molar refractivity (Wildman–Crippen MR) is 185 cm³/mol. The minimum Gasteiger partial charge on any atom is -0.388 e. The molecule has 248 valence electrons. The van der Waals surface area contributed by atoms with Gasteiger partial charge in [0.1, 0.15) is 11.7 Å². The maximum atomic E-state index is 10.2. The van der Waals surface area contributed by atoms with Crippen molar-refractivity contribution in [2.45, 2.75) is 95.7 Å². The van der Waals surface area contributed by atoms with Crippen molar-refractivity contribution in [1.29, 1.82) is 0 Å². The molecule has 5 heteroatoms. The number of benzene rings is 3. The van der Waals surface area contributed by atoms with E-state index in [2.05, 4.69) is 43.3 Å². The van der Waals surface area contributed by atoms with Crippen LogP contribution in [0.25, 0.3) is 0 Å². The highest BCUT2D eigenvalue weighted by molar-refractivity contribution is 5.47. The van der Waals surface area contributed by atoms with E-state index in [1.54, 1.807) is 0 Å². The fraction of sp³-hybridized carbons (Fsp3) is 0.550. The molecule has 0 saturated carbocycles. The lowest BCUT2D eigenvalue weighted by Gasteiger charge is -2.36. The molecule has 5 nitrogen and oxygen atoms in total. The molecule has 0 aliphatic heterocycles. The van der Waals surface area contributed by atoms with Crippen LogP contribution in [0.1, 0.15) is 101 Å². The first-order valence-electron chi connectivity index (χ1n) is 17.5. The molecule has 0 bridgehead atoms. The van der Waals surface area contributed by atoms with Crippen molar-refractivity contribution in [2.75, 3.05) is 46.2 Å². The van der Waals surface area contributed by atoms with Crippen molar-refractivity contribution < 1.29 is 24.1 Å². The van der Waals surface area contributed by atoms with Crippen LogP contribution in [0.3, 0.4) is 0 Å². The third kappa shape index (κ3) is 14.2. The summed E-state index contributed by atoms with van der Waals surface area (Å²) in [7, 11) is 0. The summed E-state index contributed by atoms with van der Waals surface area (Å²) in [5.41, 5.74) is 2.46. The van der Waals surface area contributed by atoms with Crippen molar-refractivity contribution in [2.24, 2.45) is 0 Å². The van der Waals surface area contributed by atoms with Gasteiger partial charge in [0.15, 0.2) is 0 Å². The van der Waals surface area contributed by atoms with Crippen molar-refractivity contribution in [3.8, 4) is 0 Å². The first-order valence-corrected chi connectivity index (χ1v) is 17.5. The monoisotopic (exact) mass is 618 g/mol. The lowest BCUT2D eigenvalue weighted by Crippen LogP contribution is -2.34. The van der Waals surface area contributed by atoms with E-state index >= 15 is 0 Å². The van der Waals surface area contributed by atoms with Gasteiger partial charge >= 0.3 is 0 Å². The van der Waals surface area contributed by atoms with E-state index in [9.17, 15) is 5.11 Å². The normalized spacial score (nSPS) is 12.4. The maximum Gasteiger partial charge on any atom is 0.143 e. The number of hydrogen-bond donors (Lipinski definition) is 1. The van der Waals surface area contributed by atoms with E-state index in [1.807, 2.05) is 54.6 Å². The zero-order valence-corrected chi connectivity index (χ0v) is 27.8. The molecule has 3 aromatic carbocycles. The molecule has 0 aliphatic carbocycles. The number of ether oxygens (including phenoxy) is 4. The molecule has 1 unspecified atom stereocenters. The average molecular weight is 619 g/mol. The highest BCUT2D eigenvalue weighted by Gasteiger charge is 2.37. The Morgan fingerprint density at radius 3 is 1.31 bits per heavy atom. The summed E-state index contributed by atoms with van der Waals surface area (Å²) in [6, 6.07) is 31.0. The van der Waals surface area contributed by atoms with E-state index in [0.717, 1.165) is 23.1 Å². The number of unbranched alkanes of at least 4 members (excludes halogenated alkanes) is 11. The van der Waals surface area contributed by atoms with Crippen LogP contribution >= 0.6 is 0 Å². The van der Waals surface area contributed by atoms with Crippen LogP contribution in [0.15, 0.2) is 91.0 Å². The summed E-state index contributed by atoms with van der Waals surface area (Å²) in [4.78, 5) is 0. The fourth-order valence-corrected chi connectivity index (χ4v) is 5.77.